The van der Waals surface area contributed by atoms with Crippen molar-refractivity contribution in [3.63, 3.8) is 0 Å². The first-order chi connectivity index (χ1) is 16.9. The summed E-state index contributed by atoms with van der Waals surface area (Å²) in [5.74, 6) is 3.81. The van der Waals surface area contributed by atoms with Crippen molar-refractivity contribution in [2.24, 2.45) is 11.8 Å². The number of nitrogens with one attached hydrogen (secondary N) is 1. The van der Waals surface area contributed by atoms with E-state index in [4.69, 9.17) is 0 Å². The van der Waals surface area contributed by atoms with E-state index in [1.165, 1.54) is 44.1 Å². The molecule has 7 heteroatoms. The van der Waals surface area contributed by atoms with Crippen LogP contribution in [0.4, 0.5) is 0 Å². The number of aromatic nitrogens is 3. The maximum absolute atomic E-state index is 13.2. The lowest BCUT2D eigenvalue weighted by atomic mass is 9.95. The van der Waals surface area contributed by atoms with Gasteiger partial charge in [-0.2, -0.15) is 11.3 Å². The van der Waals surface area contributed by atoms with Crippen LogP contribution in [0.25, 0.3) is 0 Å². The average Bonchev–Trinajstić information content (AvgIpc) is 3.63. The standard InChI is InChI=1S/C28H43N5OS/c1-5-20-6-7-21(14-20)28(34)29-26(22-11-13-35-17-22)10-12-32-23-8-9-24(32)16-25(15-23)33-19(4)30-31-27(33)18(2)3/h11,13,17-18,20-21,23-26H,5-10,12,14-16H2,1-4H3,(H,29,34)/t20?,21?,23?,24?,25?,26-/m0/s1. The number of aryl methyl sites for hydroxylation is 1. The molecule has 4 heterocycles. The molecule has 3 aliphatic rings. The second-order valence-corrected chi connectivity index (χ2v) is 12.3. The van der Waals surface area contributed by atoms with Gasteiger partial charge in [0.25, 0.3) is 0 Å². The highest BCUT2D eigenvalue weighted by Gasteiger charge is 2.42. The minimum Gasteiger partial charge on any atom is -0.349 e. The van der Waals surface area contributed by atoms with E-state index in [9.17, 15) is 4.79 Å². The molecule has 2 aromatic rings. The molecule has 1 saturated carbocycles. The number of fused-ring (bicyclic) bond motifs is 2. The number of carbonyl (C=O) groups is 1. The van der Waals surface area contributed by atoms with Crippen molar-refractivity contribution in [3.8, 4) is 0 Å². The molecule has 1 amide bonds. The average molecular weight is 498 g/mol. The first-order valence-corrected chi connectivity index (χ1v) is 14.9. The first kappa shape index (κ1) is 24.9. The molecule has 5 rings (SSSR count). The summed E-state index contributed by atoms with van der Waals surface area (Å²) in [6.45, 7) is 9.86. The van der Waals surface area contributed by atoms with Crippen LogP contribution in [0.5, 0.6) is 0 Å². The Labute approximate surface area is 214 Å². The predicted octanol–water partition coefficient (Wildman–Crippen LogP) is 6.01. The molecule has 35 heavy (non-hydrogen) atoms. The largest absolute Gasteiger partial charge is 0.349 e. The molecule has 1 N–H and O–H groups in total. The third-order valence-electron chi connectivity index (χ3n) is 9.06. The highest BCUT2D eigenvalue weighted by molar-refractivity contribution is 7.08. The molecule has 0 spiro atoms. The van der Waals surface area contributed by atoms with Crippen LogP contribution in [-0.2, 0) is 4.79 Å². The van der Waals surface area contributed by atoms with E-state index in [1.54, 1.807) is 11.3 Å². The van der Waals surface area contributed by atoms with Gasteiger partial charge in [-0.3, -0.25) is 9.69 Å². The highest BCUT2D eigenvalue weighted by Crippen LogP contribution is 2.42. The number of hydrogen-bond acceptors (Lipinski definition) is 5. The number of amides is 1. The molecule has 2 aliphatic heterocycles. The summed E-state index contributed by atoms with van der Waals surface area (Å²) in [4.78, 5) is 15.9. The van der Waals surface area contributed by atoms with E-state index in [-0.39, 0.29) is 17.9 Å². The van der Waals surface area contributed by atoms with E-state index in [0.717, 1.165) is 43.4 Å². The molecule has 1 aliphatic carbocycles. The number of piperidine rings is 1. The molecule has 0 aromatic carbocycles. The molecule has 0 radical (unpaired) electrons. The van der Waals surface area contributed by atoms with Crippen molar-refractivity contribution < 1.29 is 4.79 Å². The van der Waals surface area contributed by atoms with Gasteiger partial charge in [0.05, 0.1) is 6.04 Å². The minimum absolute atomic E-state index is 0.124. The molecule has 192 valence electrons. The zero-order valence-electron chi connectivity index (χ0n) is 21.9. The van der Waals surface area contributed by atoms with E-state index >= 15 is 0 Å². The fourth-order valence-corrected chi connectivity index (χ4v) is 7.81. The topological polar surface area (TPSA) is 63.1 Å². The van der Waals surface area contributed by atoms with Crippen molar-refractivity contribution in [1.29, 1.82) is 0 Å². The van der Waals surface area contributed by atoms with Crippen LogP contribution in [-0.4, -0.2) is 44.2 Å². The lowest BCUT2D eigenvalue weighted by Crippen LogP contribution is -2.45. The second-order valence-electron chi connectivity index (χ2n) is 11.6. The molecule has 2 bridgehead atoms. The van der Waals surface area contributed by atoms with Crippen molar-refractivity contribution >= 4 is 17.2 Å². The zero-order valence-corrected chi connectivity index (χ0v) is 22.8. The van der Waals surface area contributed by atoms with Gasteiger partial charge in [0, 0.05) is 36.5 Å². The SMILES string of the molecule is CCC1CCC(C(=O)N[C@@H](CCN2C3CCC2CC(n2c(C)nnc2C(C)C)C3)c2ccsc2)C1. The van der Waals surface area contributed by atoms with Gasteiger partial charge < -0.3 is 9.88 Å². The van der Waals surface area contributed by atoms with Gasteiger partial charge in [0.2, 0.25) is 5.91 Å². The fourth-order valence-electron chi connectivity index (χ4n) is 7.10. The molecule has 2 saturated heterocycles. The first-order valence-electron chi connectivity index (χ1n) is 13.9. The number of nitrogens with zero attached hydrogens (tertiary/aromatic N) is 4. The molecule has 5 atom stereocenters. The molecular formula is C28H43N5OS. The lowest BCUT2D eigenvalue weighted by Gasteiger charge is -2.40. The maximum Gasteiger partial charge on any atom is 0.223 e. The van der Waals surface area contributed by atoms with E-state index < -0.39 is 0 Å². The van der Waals surface area contributed by atoms with E-state index in [0.29, 0.717) is 24.0 Å². The molecule has 3 fully saturated rings. The Hall–Kier alpha value is -1.73. The molecule has 2 aromatic heterocycles. The van der Waals surface area contributed by atoms with Crippen LogP contribution in [0.15, 0.2) is 16.8 Å². The summed E-state index contributed by atoms with van der Waals surface area (Å²) < 4.78 is 2.44. The van der Waals surface area contributed by atoms with Crippen LogP contribution in [0.2, 0.25) is 0 Å². The highest BCUT2D eigenvalue weighted by atomic mass is 32.1. The Bertz CT molecular complexity index is 972. The van der Waals surface area contributed by atoms with Gasteiger partial charge in [-0.15, -0.1) is 10.2 Å². The number of carbonyl (C=O) groups excluding carboxylic acids is 1. The summed E-state index contributed by atoms with van der Waals surface area (Å²) in [5.41, 5.74) is 1.28. The molecule has 6 nitrogen and oxygen atoms in total. The summed E-state index contributed by atoms with van der Waals surface area (Å²) >= 11 is 1.73. The van der Waals surface area contributed by atoms with Crippen molar-refractivity contribution in [3.05, 3.63) is 34.0 Å². The number of hydrogen-bond donors (Lipinski definition) is 1. The Morgan fingerprint density at radius 1 is 1.11 bits per heavy atom. The molecular weight excluding hydrogens is 454 g/mol. The van der Waals surface area contributed by atoms with Gasteiger partial charge in [-0.1, -0.05) is 27.2 Å². The number of rotatable bonds is 9. The summed E-state index contributed by atoms with van der Waals surface area (Å²) in [6.07, 6.45) is 10.5. The van der Waals surface area contributed by atoms with Crippen LogP contribution in [0.3, 0.4) is 0 Å². The van der Waals surface area contributed by atoms with Crippen molar-refractivity contribution in [2.45, 2.75) is 116 Å². The fraction of sp³-hybridized carbons (Fsp3) is 0.750. The van der Waals surface area contributed by atoms with Gasteiger partial charge in [-0.05, 0) is 86.6 Å². The minimum atomic E-state index is 0.124. The van der Waals surface area contributed by atoms with Crippen molar-refractivity contribution in [2.75, 3.05) is 6.54 Å². The van der Waals surface area contributed by atoms with Crippen LogP contribution >= 0.6 is 11.3 Å². The smallest absolute Gasteiger partial charge is 0.223 e. The van der Waals surface area contributed by atoms with E-state index in [2.05, 4.69) is 69.5 Å². The summed E-state index contributed by atoms with van der Waals surface area (Å²) in [6, 6.07) is 4.08. The number of thiophene rings is 1. The van der Waals surface area contributed by atoms with Crippen molar-refractivity contribution in [1.82, 2.24) is 25.0 Å². The summed E-state index contributed by atoms with van der Waals surface area (Å²) in [5, 5.41) is 16.8. The van der Waals surface area contributed by atoms with Gasteiger partial charge in [-0.25, -0.2) is 0 Å². The lowest BCUT2D eigenvalue weighted by molar-refractivity contribution is -0.125. The predicted molar refractivity (Wildman–Crippen MR) is 142 cm³/mol. The summed E-state index contributed by atoms with van der Waals surface area (Å²) in [7, 11) is 0. The Kier molecular flexibility index (Phi) is 7.63. The van der Waals surface area contributed by atoms with Crippen LogP contribution < -0.4 is 5.32 Å². The Morgan fingerprint density at radius 3 is 2.51 bits per heavy atom. The zero-order chi connectivity index (χ0) is 24.5. The van der Waals surface area contributed by atoms with Crippen LogP contribution in [0, 0.1) is 18.8 Å². The quantitative estimate of drug-likeness (QED) is 0.461. The monoisotopic (exact) mass is 497 g/mol. The third-order valence-corrected chi connectivity index (χ3v) is 9.76. The second kappa shape index (κ2) is 10.7. The Balaban J connectivity index is 1.23. The van der Waals surface area contributed by atoms with E-state index in [1.807, 2.05) is 0 Å². The van der Waals surface area contributed by atoms with Gasteiger partial charge in [0.15, 0.2) is 0 Å². The third kappa shape index (κ3) is 5.22. The van der Waals surface area contributed by atoms with Crippen LogP contribution in [0.1, 0.15) is 114 Å². The van der Waals surface area contributed by atoms with Gasteiger partial charge >= 0.3 is 0 Å². The maximum atomic E-state index is 13.2. The van der Waals surface area contributed by atoms with Gasteiger partial charge in [0.1, 0.15) is 11.6 Å². The molecule has 4 unspecified atom stereocenters. The normalized spacial score (nSPS) is 29.7. The Morgan fingerprint density at radius 2 is 1.89 bits per heavy atom.